The molecule has 150 valence electrons. The highest BCUT2D eigenvalue weighted by Crippen LogP contribution is 2.37. The summed E-state index contributed by atoms with van der Waals surface area (Å²) in [6.45, 7) is -0.666. The largest absolute Gasteiger partial charge is 0.486 e. The van der Waals surface area contributed by atoms with Gasteiger partial charge in [-0.15, -0.1) is 0 Å². The molecule has 1 heterocycles. The molecule has 0 atom stereocenters. The summed E-state index contributed by atoms with van der Waals surface area (Å²) >= 11 is 13.1. The maximum absolute atomic E-state index is 13.3. The molecule has 0 unspecified atom stereocenters. The van der Waals surface area contributed by atoms with E-state index >= 15 is 0 Å². The number of carbonyl (C=O) groups excluding carboxylic acids is 2. The van der Waals surface area contributed by atoms with E-state index in [0.29, 0.717) is 27.8 Å². The molecule has 0 saturated carbocycles. The summed E-state index contributed by atoms with van der Waals surface area (Å²) in [6.07, 6.45) is 1.39. The molecule has 0 aliphatic carbocycles. The van der Waals surface area contributed by atoms with Crippen molar-refractivity contribution in [3.8, 4) is 5.75 Å². The number of carboxylic acid groups (broad SMARTS) is 1. The Morgan fingerprint density at radius 3 is 2.52 bits per heavy atom. The van der Waals surface area contributed by atoms with Gasteiger partial charge in [-0.3, -0.25) is 19.3 Å². The van der Waals surface area contributed by atoms with Crippen LogP contribution in [0.5, 0.6) is 5.75 Å². The van der Waals surface area contributed by atoms with Gasteiger partial charge in [0.25, 0.3) is 11.1 Å². The molecule has 0 bridgehead atoms. The Hall–Kier alpha value is -2.55. The molecule has 2 aromatic rings. The minimum absolute atomic E-state index is 0.0463. The molecule has 0 spiro atoms. The molecular formula is C19H12Cl2FNO5S. The number of rotatable bonds is 6. The first kappa shape index (κ1) is 21.2. The van der Waals surface area contributed by atoms with Crippen molar-refractivity contribution >= 4 is 58.2 Å². The van der Waals surface area contributed by atoms with Crippen LogP contribution in [-0.2, 0) is 16.2 Å². The molecule has 1 fully saturated rings. The van der Waals surface area contributed by atoms with E-state index in [1.807, 2.05) is 0 Å². The average Bonchev–Trinajstić information content (AvgIpc) is 2.88. The Balaban J connectivity index is 1.78. The van der Waals surface area contributed by atoms with E-state index in [1.165, 1.54) is 30.3 Å². The van der Waals surface area contributed by atoms with Gasteiger partial charge in [0.15, 0.2) is 5.75 Å². The lowest BCUT2D eigenvalue weighted by Crippen LogP contribution is -2.33. The number of ether oxygens (including phenoxy) is 1. The third-order valence-corrected chi connectivity index (χ3v) is 5.23. The van der Waals surface area contributed by atoms with Crippen LogP contribution in [-0.4, -0.2) is 33.7 Å². The Morgan fingerprint density at radius 2 is 1.90 bits per heavy atom. The van der Waals surface area contributed by atoms with Crippen molar-refractivity contribution in [1.82, 2.24) is 4.90 Å². The van der Waals surface area contributed by atoms with Crippen LogP contribution in [0.4, 0.5) is 9.18 Å². The molecule has 3 rings (SSSR count). The fourth-order valence-corrected chi connectivity index (χ4v) is 3.96. The number of carbonyl (C=O) groups is 3. The predicted octanol–water partition coefficient (Wildman–Crippen LogP) is 4.83. The van der Waals surface area contributed by atoms with Crippen LogP contribution >= 0.6 is 35.0 Å². The second kappa shape index (κ2) is 8.86. The van der Waals surface area contributed by atoms with Crippen molar-refractivity contribution in [1.29, 1.82) is 0 Å². The summed E-state index contributed by atoms with van der Waals surface area (Å²) in [7, 11) is 0. The third-order valence-electron chi connectivity index (χ3n) is 3.76. The van der Waals surface area contributed by atoms with Crippen LogP contribution in [0.2, 0.25) is 10.0 Å². The van der Waals surface area contributed by atoms with E-state index in [4.69, 9.17) is 33.0 Å². The number of thioether (sulfide) groups is 1. The smallest absolute Gasteiger partial charge is 0.323 e. The number of carboxylic acids is 1. The van der Waals surface area contributed by atoms with Crippen molar-refractivity contribution in [3.05, 3.63) is 68.3 Å². The fraction of sp³-hybridized carbons (Fsp3) is 0.105. The minimum atomic E-state index is -1.29. The van der Waals surface area contributed by atoms with E-state index in [2.05, 4.69) is 0 Å². The Labute approximate surface area is 178 Å². The Kier molecular flexibility index (Phi) is 6.46. The second-order valence-corrected chi connectivity index (χ2v) is 7.70. The number of amides is 2. The molecule has 29 heavy (non-hydrogen) atoms. The topological polar surface area (TPSA) is 83.9 Å². The number of hydrogen-bond acceptors (Lipinski definition) is 5. The molecule has 1 N–H and O–H groups in total. The normalized spacial score (nSPS) is 15.3. The zero-order valence-corrected chi connectivity index (χ0v) is 16.9. The van der Waals surface area contributed by atoms with Crippen molar-refractivity contribution < 1.29 is 28.6 Å². The molecule has 1 saturated heterocycles. The summed E-state index contributed by atoms with van der Waals surface area (Å²) in [4.78, 5) is 35.5. The van der Waals surface area contributed by atoms with Crippen LogP contribution in [0.3, 0.4) is 0 Å². The van der Waals surface area contributed by atoms with Crippen LogP contribution in [0.25, 0.3) is 6.08 Å². The zero-order chi connectivity index (χ0) is 21.1. The zero-order valence-electron chi connectivity index (χ0n) is 14.5. The summed E-state index contributed by atoms with van der Waals surface area (Å²) < 4.78 is 18.8. The highest BCUT2D eigenvalue weighted by atomic mass is 35.5. The third kappa shape index (κ3) is 5.09. The maximum atomic E-state index is 13.3. The van der Waals surface area contributed by atoms with Gasteiger partial charge < -0.3 is 9.84 Å². The number of halogens is 3. The van der Waals surface area contributed by atoms with Crippen LogP contribution in [0.1, 0.15) is 11.1 Å². The molecule has 6 nitrogen and oxygen atoms in total. The van der Waals surface area contributed by atoms with Crippen molar-refractivity contribution in [2.75, 3.05) is 6.54 Å². The summed E-state index contributed by atoms with van der Waals surface area (Å²) in [5.41, 5.74) is 1.02. The van der Waals surface area contributed by atoms with Gasteiger partial charge in [-0.25, -0.2) is 4.39 Å². The second-order valence-electron chi connectivity index (χ2n) is 5.89. The predicted molar refractivity (Wildman–Crippen MR) is 108 cm³/mol. The fourth-order valence-electron chi connectivity index (χ4n) is 2.51. The molecule has 10 heteroatoms. The van der Waals surface area contributed by atoms with Gasteiger partial charge in [0.05, 0.1) is 15.0 Å². The van der Waals surface area contributed by atoms with Gasteiger partial charge in [0, 0.05) is 0 Å². The quantitative estimate of drug-likeness (QED) is 0.627. The lowest BCUT2D eigenvalue weighted by Gasteiger charge is -2.11. The number of nitrogens with zero attached hydrogens (tertiary/aromatic N) is 1. The Morgan fingerprint density at radius 1 is 1.21 bits per heavy atom. The standard InChI is InChI=1S/C19H12Cl2FNO5S/c20-13-5-11(7-15-18(26)23(8-16(24)25)19(27)29-15)6-14(21)17(13)28-9-10-2-1-3-12(22)4-10/h1-7H,8-9H2,(H,24,25)/b15-7+. The average molecular weight is 456 g/mol. The number of benzene rings is 2. The molecule has 2 amide bonds. The Bertz CT molecular complexity index is 1020. The van der Waals surface area contributed by atoms with Gasteiger partial charge in [0.2, 0.25) is 0 Å². The molecular weight excluding hydrogens is 444 g/mol. The highest BCUT2D eigenvalue weighted by Gasteiger charge is 2.36. The van der Waals surface area contributed by atoms with Crippen molar-refractivity contribution in [2.45, 2.75) is 6.61 Å². The molecule has 2 aromatic carbocycles. The van der Waals surface area contributed by atoms with Crippen LogP contribution in [0, 0.1) is 5.82 Å². The van der Waals surface area contributed by atoms with E-state index in [0.717, 1.165) is 0 Å². The van der Waals surface area contributed by atoms with Crippen LogP contribution < -0.4 is 4.74 Å². The highest BCUT2D eigenvalue weighted by molar-refractivity contribution is 8.18. The maximum Gasteiger partial charge on any atom is 0.323 e. The van der Waals surface area contributed by atoms with Gasteiger partial charge >= 0.3 is 5.97 Å². The monoisotopic (exact) mass is 455 g/mol. The lowest BCUT2D eigenvalue weighted by atomic mass is 10.2. The van der Waals surface area contributed by atoms with E-state index in [9.17, 15) is 18.8 Å². The summed E-state index contributed by atoms with van der Waals surface area (Å²) in [5.74, 6) is -2.20. The lowest BCUT2D eigenvalue weighted by molar-refractivity contribution is -0.140. The molecule has 0 radical (unpaired) electrons. The molecule has 1 aliphatic rings. The molecule has 0 aromatic heterocycles. The van der Waals surface area contributed by atoms with E-state index in [-0.39, 0.29) is 27.3 Å². The number of hydrogen-bond donors (Lipinski definition) is 1. The van der Waals surface area contributed by atoms with Crippen LogP contribution in [0.15, 0.2) is 41.3 Å². The first-order valence-electron chi connectivity index (χ1n) is 8.08. The van der Waals surface area contributed by atoms with E-state index in [1.54, 1.807) is 12.1 Å². The number of imide groups is 1. The van der Waals surface area contributed by atoms with Gasteiger partial charge in [-0.2, -0.15) is 0 Å². The first-order valence-corrected chi connectivity index (χ1v) is 9.65. The SMILES string of the molecule is O=C(O)CN1C(=O)S/C(=C/c2cc(Cl)c(OCc3cccc(F)c3)c(Cl)c2)C1=O. The molecule has 1 aliphatic heterocycles. The first-order chi connectivity index (χ1) is 13.7. The van der Waals surface area contributed by atoms with Gasteiger partial charge in [0.1, 0.15) is 19.0 Å². The number of aliphatic carboxylic acids is 1. The van der Waals surface area contributed by atoms with Gasteiger partial charge in [-0.1, -0.05) is 35.3 Å². The van der Waals surface area contributed by atoms with Crippen molar-refractivity contribution in [3.63, 3.8) is 0 Å². The minimum Gasteiger partial charge on any atom is -0.486 e. The summed E-state index contributed by atoms with van der Waals surface area (Å²) in [5, 5.41) is 8.44. The summed E-state index contributed by atoms with van der Waals surface area (Å²) in [6, 6.07) is 8.85. The van der Waals surface area contributed by atoms with E-state index < -0.39 is 29.5 Å². The van der Waals surface area contributed by atoms with Crippen molar-refractivity contribution in [2.24, 2.45) is 0 Å². The van der Waals surface area contributed by atoms with Gasteiger partial charge in [-0.05, 0) is 53.2 Å².